The number of carboxylic acid groups (broad SMARTS) is 1. The molecule has 1 atom stereocenters. The number of thioether (sulfide) groups is 1. The number of hydrogen-bond acceptors (Lipinski definition) is 5. The smallest absolute Gasteiger partial charge is 0.325 e. The minimum absolute atomic E-state index is 0.148. The predicted molar refractivity (Wildman–Crippen MR) is 66.9 cm³/mol. The van der Waals surface area contributed by atoms with Gasteiger partial charge >= 0.3 is 5.97 Å². The Balaban J connectivity index is 2.28. The number of aliphatic carboxylic acids is 1. The normalized spacial score (nSPS) is 24.9. The predicted octanol–water partition coefficient (Wildman–Crippen LogP) is 0.987. The molecule has 0 amide bonds. The number of sulfonamides is 1. The molecule has 94 valence electrons. The number of thiophene rings is 1. The summed E-state index contributed by atoms with van der Waals surface area (Å²) in [5.74, 6) is -0.186. The Labute approximate surface area is 107 Å². The van der Waals surface area contributed by atoms with E-state index < -0.39 is 21.5 Å². The Hall–Kier alpha value is -0.570. The summed E-state index contributed by atoms with van der Waals surface area (Å²) in [6.45, 7) is 0. The standard InChI is InChI=1S/C9H11NO4S3/c11-8(12)9(3-5-15-6-9)10-17(13,14)7-2-1-4-16-7/h1-2,4,10H,3,5-6H2,(H,11,12). The summed E-state index contributed by atoms with van der Waals surface area (Å²) >= 11 is 2.52. The van der Waals surface area contributed by atoms with Gasteiger partial charge in [-0.1, -0.05) is 6.07 Å². The van der Waals surface area contributed by atoms with Crippen molar-refractivity contribution >= 4 is 39.1 Å². The molecule has 1 fully saturated rings. The first-order valence-corrected chi connectivity index (χ1v) is 8.37. The van der Waals surface area contributed by atoms with Gasteiger partial charge in [-0.25, -0.2) is 8.42 Å². The van der Waals surface area contributed by atoms with E-state index in [9.17, 15) is 18.3 Å². The molecule has 1 aromatic rings. The average molecular weight is 293 g/mol. The Bertz CT molecular complexity index is 502. The monoisotopic (exact) mass is 293 g/mol. The van der Waals surface area contributed by atoms with Gasteiger partial charge in [0.25, 0.3) is 10.0 Å². The molecule has 17 heavy (non-hydrogen) atoms. The zero-order valence-corrected chi connectivity index (χ0v) is 11.2. The van der Waals surface area contributed by atoms with Crippen LogP contribution in [0.25, 0.3) is 0 Å². The molecule has 1 saturated heterocycles. The van der Waals surface area contributed by atoms with Crippen LogP contribution >= 0.6 is 23.1 Å². The molecule has 0 spiro atoms. The van der Waals surface area contributed by atoms with Crippen molar-refractivity contribution in [1.29, 1.82) is 0 Å². The zero-order chi connectivity index (χ0) is 12.5. The second kappa shape index (κ2) is 4.60. The fraction of sp³-hybridized carbons (Fsp3) is 0.444. The molecular formula is C9H11NO4S3. The first kappa shape index (κ1) is 12.9. The van der Waals surface area contributed by atoms with Crippen LogP contribution in [0.15, 0.2) is 21.7 Å². The van der Waals surface area contributed by atoms with Crippen LogP contribution in [0.1, 0.15) is 6.42 Å². The summed E-state index contributed by atoms with van der Waals surface area (Å²) in [6.07, 6.45) is 0.317. The maximum Gasteiger partial charge on any atom is 0.325 e. The highest BCUT2D eigenvalue weighted by atomic mass is 32.2. The zero-order valence-electron chi connectivity index (χ0n) is 8.75. The molecule has 0 bridgehead atoms. The van der Waals surface area contributed by atoms with E-state index in [1.165, 1.54) is 17.8 Å². The molecule has 1 aliphatic heterocycles. The maximum absolute atomic E-state index is 12.0. The van der Waals surface area contributed by atoms with E-state index in [4.69, 9.17) is 0 Å². The van der Waals surface area contributed by atoms with Crippen molar-refractivity contribution in [2.45, 2.75) is 16.2 Å². The van der Waals surface area contributed by atoms with Gasteiger partial charge in [-0.2, -0.15) is 16.5 Å². The Morgan fingerprint density at radius 1 is 1.53 bits per heavy atom. The number of hydrogen-bond donors (Lipinski definition) is 2. The number of rotatable bonds is 4. The van der Waals surface area contributed by atoms with Crippen molar-refractivity contribution < 1.29 is 18.3 Å². The molecule has 2 rings (SSSR count). The molecule has 2 heterocycles. The van der Waals surface area contributed by atoms with E-state index >= 15 is 0 Å². The molecule has 1 unspecified atom stereocenters. The SMILES string of the molecule is O=C(O)C1(NS(=O)(=O)c2cccs2)CCSC1. The molecule has 0 aliphatic carbocycles. The number of nitrogens with one attached hydrogen (secondary N) is 1. The first-order valence-electron chi connectivity index (χ1n) is 4.85. The summed E-state index contributed by atoms with van der Waals surface area (Å²) < 4.78 is 26.5. The van der Waals surface area contributed by atoms with Crippen LogP contribution in [0.2, 0.25) is 0 Å². The van der Waals surface area contributed by atoms with Crippen molar-refractivity contribution in [3.63, 3.8) is 0 Å². The topological polar surface area (TPSA) is 83.5 Å². The van der Waals surface area contributed by atoms with Gasteiger partial charge in [0.05, 0.1) is 0 Å². The van der Waals surface area contributed by atoms with E-state index in [0.717, 1.165) is 11.3 Å². The minimum atomic E-state index is -3.73. The second-order valence-corrected chi connectivity index (χ2v) is 7.69. The van der Waals surface area contributed by atoms with Crippen LogP contribution in [0.5, 0.6) is 0 Å². The van der Waals surface area contributed by atoms with Gasteiger partial charge in [-0.15, -0.1) is 11.3 Å². The maximum atomic E-state index is 12.0. The molecule has 0 radical (unpaired) electrons. The lowest BCUT2D eigenvalue weighted by atomic mass is 10.0. The summed E-state index contributed by atoms with van der Waals surface area (Å²) in [7, 11) is -3.73. The molecule has 1 aliphatic rings. The third-order valence-corrected chi connectivity index (χ3v) is 6.64. The van der Waals surface area contributed by atoms with Crippen LogP contribution < -0.4 is 4.72 Å². The molecule has 8 heteroatoms. The third kappa shape index (κ3) is 2.49. The van der Waals surface area contributed by atoms with Crippen molar-refractivity contribution in [1.82, 2.24) is 4.72 Å². The van der Waals surface area contributed by atoms with Crippen molar-refractivity contribution in [3.8, 4) is 0 Å². The largest absolute Gasteiger partial charge is 0.480 e. The quantitative estimate of drug-likeness (QED) is 0.865. The summed E-state index contributed by atoms with van der Waals surface area (Å²) in [5.41, 5.74) is -1.35. The van der Waals surface area contributed by atoms with Gasteiger partial charge in [0, 0.05) is 5.75 Å². The van der Waals surface area contributed by atoms with Crippen molar-refractivity contribution in [3.05, 3.63) is 17.5 Å². The average Bonchev–Trinajstić information content (AvgIpc) is 2.86. The molecule has 1 aromatic heterocycles. The Kier molecular flexibility index (Phi) is 3.48. The molecule has 2 N–H and O–H groups in total. The van der Waals surface area contributed by atoms with Gasteiger partial charge in [0.15, 0.2) is 0 Å². The van der Waals surface area contributed by atoms with Crippen molar-refractivity contribution in [2.75, 3.05) is 11.5 Å². The minimum Gasteiger partial charge on any atom is -0.480 e. The van der Waals surface area contributed by atoms with E-state index in [2.05, 4.69) is 4.72 Å². The highest BCUT2D eigenvalue weighted by molar-refractivity contribution is 7.99. The fourth-order valence-electron chi connectivity index (χ4n) is 1.58. The van der Waals surface area contributed by atoms with E-state index in [1.807, 2.05) is 0 Å². The lowest BCUT2D eigenvalue weighted by molar-refractivity contribution is -0.142. The third-order valence-electron chi connectivity index (χ3n) is 2.52. The summed E-state index contributed by atoms with van der Waals surface area (Å²) in [5, 5.41) is 10.8. The highest BCUT2D eigenvalue weighted by Gasteiger charge is 2.45. The van der Waals surface area contributed by atoms with Gasteiger partial charge in [-0.05, 0) is 23.6 Å². The van der Waals surface area contributed by atoms with Gasteiger partial charge < -0.3 is 5.11 Å². The van der Waals surface area contributed by atoms with Gasteiger partial charge in [-0.3, -0.25) is 4.79 Å². The van der Waals surface area contributed by atoms with Gasteiger partial charge in [0.2, 0.25) is 0 Å². The lowest BCUT2D eigenvalue weighted by Crippen LogP contribution is -2.54. The molecule has 0 aromatic carbocycles. The number of carboxylic acids is 1. The highest BCUT2D eigenvalue weighted by Crippen LogP contribution is 2.30. The van der Waals surface area contributed by atoms with E-state index in [-0.39, 0.29) is 9.96 Å². The lowest BCUT2D eigenvalue weighted by Gasteiger charge is -2.23. The van der Waals surface area contributed by atoms with Crippen LogP contribution in [0, 0.1) is 0 Å². The van der Waals surface area contributed by atoms with Crippen LogP contribution in [0.3, 0.4) is 0 Å². The van der Waals surface area contributed by atoms with E-state index in [1.54, 1.807) is 11.4 Å². The number of carbonyl (C=O) groups is 1. The second-order valence-electron chi connectivity index (χ2n) is 3.73. The molecule has 5 nitrogen and oxygen atoms in total. The Morgan fingerprint density at radius 2 is 2.29 bits per heavy atom. The van der Waals surface area contributed by atoms with Crippen LogP contribution in [-0.2, 0) is 14.8 Å². The fourth-order valence-corrected chi connectivity index (χ4v) is 5.38. The Morgan fingerprint density at radius 3 is 2.76 bits per heavy atom. The van der Waals surface area contributed by atoms with Crippen molar-refractivity contribution in [2.24, 2.45) is 0 Å². The summed E-state index contributed by atoms with van der Waals surface area (Å²) in [4.78, 5) is 11.2. The molecular weight excluding hydrogens is 282 g/mol. The van der Waals surface area contributed by atoms with Crippen LogP contribution in [-0.4, -0.2) is 36.5 Å². The van der Waals surface area contributed by atoms with E-state index in [0.29, 0.717) is 12.2 Å². The molecule has 0 saturated carbocycles. The van der Waals surface area contributed by atoms with Gasteiger partial charge in [0.1, 0.15) is 9.75 Å². The summed E-state index contributed by atoms with van der Waals surface area (Å²) in [6, 6.07) is 3.08. The van der Waals surface area contributed by atoms with Crippen LogP contribution in [0.4, 0.5) is 0 Å². The first-order chi connectivity index (χ1) is 7.96.